The lowest BCUT2D eigenvalue weighted by Crippen LogP contribution is -2.34. The van der Waals surface area contributed by atoms with Crippen molar-refractivity contribution in [1.29, 1.82) is 0 Å². The van der Waals surface area contributed by atoms with Gasteiger partial charge in [-0.25, -0.2) is 0 Å². The van der Waals surface area contributed by atoms with Gasteiger partial charge in [0.2, 0.25) is 0 Å². The molecule has 5 heteroatoms. The number of hydrogen-bond acceptors (Lipinski definition) is 3. The maximum absolute atomic E-state index is 10.8. The second kappa shape index (κ2) is 4.65. The molecule has 16 heavy (non-hydrogen) atoms. The molecule has 1 aliphatic carbocycles. The number of aliphatic carboxylic acids is 1. The summed E-state index contributed by atoms with van der Waals surface area (Å²) in [6.45, 7) is 0.643. The van der Waals surface area contributed by atoms with Crippen LogP contribution in [0.25, 0.3) is 0 Å². The van der Waals surface area contributed by atoms with Crippen molar-refractivity contribution >= 4 is 5.97 Å². The molecule has 0 radical (unpaired) electrons. The minimum absolute atomic E-state index is 0.492. The highest BCUT2D eigenvalue weighted by molar-refractivity contribution is 5.73. The van der Waals surface area contributed by atoms with E-state index in [1.54, 1.807) is 7.05 Å². The number of hydrogen-bond donors (Lipinski definition) is 2. The second-order valence-electron chi connectivity index (χ2n) is 4.28. The van der Waals surface area contributed by atoms with E-state index >= 15 is 0 Å². The number of carboxylic acids is 1. The predicted octanol–water partition coefficient (Wildman–Crippen LogP) is 0.823. The van der Waals surface area contributed by atoms with Crippen LogP contribution >= 0.6 is 0 Å². The summed E-state index contributed by atoms with van der Waals surface area (Å²) >= 11 is 0. The Morgan fingerprint density at radius 1 is 1.75 bits per heavy atom. The van der Waals surface area contributed by atoms with Gasteiger partial charge in [0.05, 0.1) is 6.20 Å². The van der Waals surface area contributed by atoms with Crippen LogP contribution in [0.5, 0.6) is 0 Å². The zero-order valence-electron chi connectivity index (χ0n) is 9.39. The maximum atomic E-state index is 10.8. The quantitative estimate of drug-likeness (QED) is 0.749. The monoisotopic (exact) mass is 223 g/mol. The number of aromatic nitrogens is 2. The van der Waals surface area contributed by atoms with Gasteiger partial charge in [0.15, 0.2) is 0 Å². The van der Waals surface area contributed by atoms with Crippen LogP contribution in [0.15, 0.2) is 12.4 Å². The summed E-state index contributed by atoms with van der Waals surface area (Å²) in [7, 11) is 1.66. The molecule has 88 valence electrons. The standard InChI is InChI=1S/C11H17N3O2/c1-12-10(11(15)16)4-5-14-7-9(6-13-14)8-2-3-8/h6-8,10,12H,2-5H2,1H3,(H,15,16). The van der Waals surface area contributed by atoms with Crippen LogP contribution in [0.1, 0.15) is 30.7 Å². The molecule has 1 aromatic rings. The summed E-state index contributed by atoms with van der Waals surface area (Å²) in [4.78, 5) is 10.8. The Morgan fingerprint density at radius 3 is 3.06 bits per heavy atom. The van der Waals surface area contributed by atoms with Crippen molar-refractivity contribution in [3.05, 3.63) is 18.0 Å². The lowest BCUT2D eigenvalue weighted by atomic mass is 10.2. The summed E-state index contributed by atoms with van der Waals surface area (Å²) in [5.41, 5.74) is 1.29. The lowest BCUT2D eigenvalue weighted by Gasteiger charge is -2.10. The highest BCUT2D eigenvalue weighted by Gasteiger charge is 2.24. The molecule has 0 amide bonds. The van der Waals surface area contributed by atoms with Crippen molar-refractivity contribution in [2.24, 2.45) is 0 Å². The van der Waals surface area contributed by atoms with Crippen LogP contribution in [0, 0.1) is 0 Å². The first-order chi connectivity index (χ1) is 7.70. The van der Waals surface area contributed by atoms with Crippen molar-refractivity contribution in [2.45, 2.75) is 37.8 Å². The number of likely N-dealkylation sites (N-methyl/N-ethyl adjacent to an activating group) is 1. The Bertz CT molecular complexity index is 371. The van der Waals surface area contributed by atoms with Crippen molar-refractivity contribution in [1.82, 2.24) is 15.1 Å². The summed E-state index contributed by atoms with van der Waals surface area (Å²) in [6, 6.07) is -0.492. The maximum Gasteiger partial charge on any atom is 0.320 e. The normalized spacial score (nSPS) is 17.3. The fourth-order valence-electron chi connectivity index (χ4n) is 1.78. The van der Waals surface area contributed by atoms with Gasteiger partial charge >= 0.3 is 5.97 Å². The first-order valence-electron chi connectivity index (χ1n) is 5.63. The summed E-state index contributed by atoms with van der Waals surface area (Å²) in [6.07, 6.45) is 7.01. The average Bonchev–Trinajstić information content (AvgIpc) is 3.00. The number of nitrogens with one attached hydrogen (secondary N) is 1. The number of carboxylic acid groups (broad SMARTS) is 1. The highest BCUT2D eigenvalue weighted by Crippen LogP contribution is 2.39. The molecule has 1 atom stereocenters. The van der Waals surface area contributed by atoms with Crippen LogP contribution in [0.4, 0.5) is 0 Å². The van der Waals surface area contributed by atoms with Crippen LogP contribution in [-0.2, 0) is 11.3 Å². The van der Waals surface area contributed by atoms with Gasteiger partial charge < -0.3 is 10.4 Å². The van der Waals surface area contributed by atoms with Crippen molar-refractivity contribution in [3.63, 3.8) is 0 Å². The van der Waals surface area contributed by atoms with E-state index in [1.807, 2.05) is 17.1 Å². The van der Waals surface area contributed by atoms with Crippen LogP contribution in [0.3, 0.4) is 0 Å². The van der Waals surface area contributed by atoms with Gasteiger partial charge in [0.25, 0.3) is 0 Å². The summed E-state index contributed by atoms with van der Waals surface area (Å²) in [5, 5.41) is 15.9. The van der Waals surface area contributed by atoms with E-state index in [-0.39, 0.29) is 0 Å². The minimum atomic E-state index is -0.808. The summed E-state index contributed by atoms with van der Waals surface area (Å²) < 4.78 is 1.83. The van der Waals surface area contributed by atoms with Gasteiger partial charge in [0.1, 0.15) is 6.04 Å². The molecule has 1 saturated carbocycles. The molecule has 5 nitrogen and oxygen atoms in total. The third-order valence-electron chi connectivity index (χ3n) is 3.00. The number of rotatable bonds is 6. The molecule has 0 aromatic carbocycles. The molecule has 1 aliphatic rings. The van der Waals surface area contributed by atoms with Crippen molar-refractivity contribution in [2.75, 3.05) is 7.05 Å². The molecular formula is C11H17N3O2. The van der Waals surface area contributed by atoms with Gasteiger partial charge in [-0.1, -0.05) is 0 Å². The van der Waals surface area contributed by atoms with Crippen LogP contribution in [-0.4, -0.2) is 33.9 Å². The fraction of sp³-hybridized carbons (Fsp3) is 0.636. The fourth-order valence-corrected chi connectivity index (χ4v) is 1.78. The molecule has 2 rings (SSSR count). The Labute approximate surface area is 94.5 Å². The number of nitrogens with zero attached hydrogens (tertiary/aromatic N) is 2. The molecular weight excluding hydrogens is 206 g/mol. The molecule has 0 aliphatic heterocycles. The molecule has 1 unspecified atom stereocenters. The minimum Gasteiger partial charge on any atom is -0.480 e. The van der Waals surface area contributed by atoms with Crippen molar-refractivity contribution in [3.8, 4) is 0 Å². The van der Waals surface area contributed by atoms with E-state index in [0.29, 0.717) is 18.9 Å². The molecule has 1 aromatic heterocycles. The zero-order chi connectivity index (χ0) is 11.5. The second-order valence-corrected chi connectivity index (χ2v) is 4.28. The Kier molecular flexibility index (Phi) is 3.24. The zero-order valence-corrected chi connectivity index (χ0v) is 9.39. The van der Waals surface area contributed by atoms with E-state index < -0.39 is 12.0 Å². The Hall–Kier alpha value is -1.36. The average molecular weight is 223 g/mol. The predicted molar refractivity (Wildman–Crippen MR) is 59.3 cm³/mol. The number of aryl methyl sites for hydroxylation is 1. The van der Waals surface area contributed by atoms with E-state index in [1.165, 1.54) is 18.4 Å². The van der Waals surface area contributed by atoms with Crippen LogP contribution < -0.4 is 5.32 Å². The summed E-state index contributed by atoms with van der Waals surface area (Å²) in [5.74, 6) is -0.106. The largest absolute Gasteiger partial charge is 0.480 e. The molecule has 0 saturated heterocycles. The number of carbonyl (C=O) groups is 1. The highest BCUT2D eigenvalue weighted by atomic mass is 16.4. The van der Waals surface area contributed by atoms with Gasteiger partial charge in [-0.15, -0.1) is 0 Å². The lowest BCUT2D eigenvalue weighted by molar-refractivity contribution is -0.139. The molecule has 1 fully saturated rings. The SMILES string of the molecule is CNC(CCn1cc(C2CC2)cn1)C(=O)O. The topological polar surface area (TPSA) is 67.2 Å². The Morgan fingerprint density at radius 2 is 2.50 bits per heavy atom. The third-order valence-corrected chi connectivity index (χ3v) is 3.00. The van der Waals surface area contributed by atoms with E-state index in [9.17, 15) is 4.79 Å². The van der Waals surface area contributed by atoms with Gasteiger partial charge in [0, 0.05) is 12.7 Å². The van der Waals surface area contributed by atoms with Gasteiger partial charge in [-0.3, -0.25) is 9.48 Å². The third kappa shape index (κ3) is 2.61. The van der Waals surface area contributed by atoms with E-state index in [4.69, 9.17) is 5.11 Å². The first kappa shape index (κ1) is 11.1. The van der Waals surface area contributed by atoms with E-state index in [2.05, 4.69) is 10.4 Å². The molecule has 2 N–H and O–H groups in total. The van der Waals surface area contributed by atoms with Crippen LogP contribution in [0.2, 0.25) is 0 Å². The molecule has 1 heterocycles. The smallest absolute Gasteiger partial charge is 0.320 e. The Balaban J connectivity index is 1.85. The van der Waals surface area contributed by atoms with Gasteiger partial charge in [-0.05, 0) is 37.8 Å². The molecule has 0 bridgehead atoms. The first-order valence-corrected chi connectivity index (χ1v) is 5.63. The van der Waals surface area contributed by atoms with Gasteiger partial charge in [-0.2, -0.15) is 5.10 Å². The molecule has 0 spiro atoms. The van der Waals surface area contributed by atoms with Crippen molar-refractivity contribution < 1.29 is 9.90 Å². The van der Waals surface area contributed by atoms with E-state index in [0.717, 1.165) is 0 Å².